The van der Waals surface area contributed by atoms with Crippen molar-refractivity contribution in [2.24, 2.45) is 0 Å². The van der Waals surface area contributed by atoms with Crippen molar-refractivity contribution in [3.8, 4) is 0 Å². The average molecular weight is 261 g/mol. The maximum Gasteiger partial charge on any atom is 0.417 e. The van der Waals surface area contributed by atoms with Crippen LogP contribution in [0.5, 0.6) is 0 Å². The predicted octanol–water partition coefficient (Wildman–Crippen LogP) is 0.957. The Morgan fingerprint density at radius 1 is 1.47 bits per heavy atom. The van der Waals surface area contributed by atoms with Crippen LogP contribution in [0.3, 0.4) is 0 Å². The van der Waals surface area contributed by atoms with Gasteiger partial charge in [-0.05, 0) is 37.6 Å². The number of nitrogens with zero attached hydrogens (tertiary/aromatic N) is 1. The molecule has 5 heteroatoms. The van der Waals surface area contributed by atoms with Gasteiger partial charge in [0.05, 0.1) is 5.52 Å². The molecule has 0 aliphatic carbocycles. The molecule has 1 fully saturated rings. The second kappa shape index (κ2) is 5.19. The van der Waals surface area contributed by atoms with Crippen LogP contribution < -0.4 is 11.1 Å². The number of rotatable bonds is 3. The molecule has 3 rings (SSSR count). The van der Waals surface area contributed by atoms with E-state index in [-0.39, 0.29) is 5.76 Å². The first-order chi connectivity index (χ1) is 9.22. The molecule has 1 unspecified atom stereocenters. The monoisotopic (exact) mass is 261 g/mol. The molecule has 1 atom stereocenters. The van der Waals surface area contributed by atoms with E-state index in [1.807, 2.05) is 18.2 Å². The van der Waals surface area contributed by atoms with Gasteiger partial charge in [-0.15, -0.1) is 0 Å². The number of nitrogens with one attached hydrogen (secondary N) is 2. The van der Waals surface area contributed by atoms with Gasteiger partial charge >= 0.3 is 5.76 Å². The van der Waals surface area contributed by atoms with Gasteiger partial charge in [0.2, 0.25) is 0 Å². The summed E-state index contributed by atoms with van der Waals surface area (Å²) in [5.74, 6) is -0.386. The second-order valence-electron chi connectivity index (χ2n) is 5.22. The normalized spacial score (nSPS) is 21.0. The van der Waals surface area contributed by atoms with Crippen molar-refractivity contribution in [2.75, 3.05) is 26.7 Å². The number of aryl methyl sites for hydroxylation is 1. The lowest BCUT2D eigenvalue weighted by atomic mass is 10.0. The molecule has 0 amide bonds. The fourth-order valence-corrected chi connectivity index (χ4v) is 2.67. The van der Waals surface area contributed by atoms with Gasteiger partial charge in [0.1, 0.15) is 0 Å². The Bertz CT molecular complexity index is 616. The van der Waals surface area contributed by atoms with E-state index in [1.54, 1.807) is 0 Å². The number of oxazole rings is 1. The van der Waals surface area contributed by atoms with Crippen LogP contribution in [0.4, 0.5) is 0 Å². The molecule has 1 aliphatic rings. The highest BCUT2D eigenvalue weighted by atomic mass is 16.4. The fraction of sp³-hybridized carbons (Fsp3) is 0.500. The first-order valence-electron chi connectivity index (χ1n) is 6.75. The van der Waals surface area contributed by atoms with E-state index < -0.39 is 0 Å². The van der Waals surface area contributed by atoms with Crippen LogP contribution in [0.1, 0.15) is 12.0 Å². The molecule has 102 valence electrons. The molecule has 1 aliphatic heterocycles. The highest BCUT2D eigenvalue weighted by Crippen LogP contribution is 2.15. The largest absolute Gasteiger partial charge is 0.417 e. The van der Waals surface area contributed by atoms with Gasteiger partial charge in [-0.3, -0.25) is 4.98 Å². The van der Waals surface area contributed by atoms with E-state index in [9.17, 15) is 4.79 Å². The molecule has 1 saturated heterocycles. The third-order valence-electron chi connectivity index (χ3n) is 3.89. The van der Waals surface area contributed by atoms with Gasteiger partial charge in [-0.2, -0.15) is 0 Å². The minimum Gasteiger partial charge on any atom is -0.408 e. The van der Waals surface area contributed by atoms with Crippen molar-refractivity contribution in [1.29, 1.82) is 0 Å². The van der Waals surface area contributed by atoms with E-state index >= 15 is 0 Å². The van der Waals surface area contributed by atoms with E-state index in [0.717, 1.165) is 38.0 Å². The molecule has 2 aromatic rings. The number of hydrogen-bond acceptors (Lipinski definition) is 4. The molecule has 0 saturated carbocycles. The number of aromatic nitrogens is 1. The summed E-state index contributed by atoms with van der Waals surface area (Å²) in [6.07, 6.45) is 2.14. The maximum atomic E-state index is 11.1. The van der Waals surface area contributed by atoms with Crippen molar-refractivity contribution in [2.45, 2.75) is 18.9 Å². The lowest BCUT2D eigenvalue weighted by Gasteiger charge is -2.33. The highest BCUT2D eigenvalue weighted by Gasteiger charge is 2.18. The van der Waals surface area contributed by atoms with Gasteiger partial charge in [-0.25, -0.2) is 4.79 Å². The molecule has 1 aromatic carbocycles. The number of H-pyrrole nitrogens is 1. The van der Waals surface area contributed by atoms with Crippen LogP contribution in [0.25, 0.3) is 11.1 Å². The standard InChI is InChI=1S/C14H19N3O2/c1-17-7-6-15-9-11(17)4-2-10-3-5-13-12(8-10)16-14(18)19-13/h3,5,8,11,15H,2,4,6-7,9H2,1H3,(H,16,18). The maximum absolute atomic E-state index is 11.1. The first kappa shape index (κ1) is 12.4. The molecule has 5 nitrogen and oxygen atoms in total. The van der Waals surface area contributed by atoms with Gasteiger partial charge in [0.15, 0.2) is 5.58 Å². The molecule has 19 heavy (non-hydrogen) atoms. The quantitative estimate of drug-likeness (QED) is 0.864. The fourth-order valence-electron chi connectivity index (χ4n) is 2.67. The number of hydrogen-bond donors (Lipinski definition) is 2. The third-order valence-corrected chi connectivity index (χ3v) is 3.89. The number of aromatic amines is 1. The lowest BCUT2D eigenvalue weighted by Crippen LogP contribution is -2.49. The summed E-state index contributed by atoms with van der Waals surface area (Å²) in [4.78, 5) is 16.2. The molecule has 2 N–H and O–H groups in total. The van der Waals surface area contributed by atoms with E-state index in [2.05, 4.69) is 22.2 Å². The zero-order chi connectivity index (χ0) is 13.2. The highest BCUT2D eigenvalue weighted by molar-refractivity contribution is 5.72. The average Bonchev–Trinajstić information content (AvgIpc) is 2.77. The summed E-state index contributed by atoms with van der Waals surface area (Å²) in [7, 11) is 2.18. The number of benzene rings is 1. The zero-order valence-corrected chi connectivity index (χ0v) is 11.1. The van der Waals surface area contributed by atoms with Crippen molar-refractivity contribution >= 4 is 11.1 Å². The van der Waals surface area contributed by atoms with Crippen molar-refractivity contribution in [3.05, 3.63) is 34.3 Å². The molecule has 1 aromatic heterocycles. The number of likely N-dealkylation sites (N-methyl/N-ethyl adjacent to an activating group) is 1. The Morgan fingerprint density at radius 3 is 3.21 bits per heavy atom. The lowest BCUT2D eigenvalue weighted by molar-refractivity contribution is 0.191. The number of fused-ring (bicyclic) bond motifs is 1. The molecular weight excluding hydrogens is 242 g/mol. The Labute approximate surface area is 111 Å². The zero-order valence-electron chi connectivity index (χ0n) is 11.1. The minimum atomic E-state index is -0.386. The van der Waals surface area contributed by atoms with Crippen molar-refractivity contribution < 1.29 is 4.42 Å². The van der Waals surface area contributed by atoms with Crippen LogP contribution in [0.15, 0.2) is 27.4 Å². The van der Waals surface area contributed by atoms with Gasteiger partial charge in [0.25, 0.3) is 0 Å². The van der Waals surface area contributed by atoms with Crippen LogP contribution in [0, 0.1) is 0 Å². The third kappa shape index (κ3) is 2.72. The van der Waals surface area contributed by atoms with Gasteiger partial charge < -0.3 is 14.6 Å². The second-order valence-corrected chi connectivity index (χ2v) is 5.22. The predicted molar refractivity (Wildman–Crippen MR) is 74.4 cm³/mol. The van der Waals surface area contributed by atoms with E-state index in [4.69, 9.17) is 4.42 Å². The molecule has 0 radical (unpaired) electrons. The van der Waals surface area contributed by atoms with Crippen molar-refractivity contribution in [1.82, 2.24) is 15.2 Å². The van der Waals surface area contributed by atoms with E-state index in [0.29, 0.717) is 11.6 Å². The van der Waals surface area contributed by atoms with Crippen LogP contribution in [0.2, 0.25) is 0 Å². The smallest absolute Gasteiger partial charge is 0.408 e. The molecular formula is C14H19N3O2. The summed E-state index contributed by atoms with van der Waals surface area (Å²) >= 11 is 0. The summed E-state index contributed by atoms with van der Waals surface area (Å²) in [5.41, 5.74) is 2.66. The SMILES string of the molecule is CN1CCNCC1CCc1ccc2oc(=O)[nH]c2c1. The number of piperazine rings is 1. The summed E-state index contributed by atoms with van der Waals surface area (Å²) in [5, 5.41) is 3.43. The van der Waals surface area contributed by atoms with Gasteiger partial charge in [-0.1, -0.05) is 6.07 Å². The Morgan fingerprint density at radius 2 is 2.37 bits per heavy atom. The Balaban J connectivity index is 1.69. The van der Waals surface area contributed by atoms with Crippen LogP contribution in [-0.2, 0) is 6.42 Å². The first-order valence-corrected chi connectivity index (χ1v) is 6.75. The Kier molecular flexibility index (Phi) is 3.40. The van der Waals surface area contributed by atoms with Crippen LogP contribution in [-0.4, -0.2) is 42.6 Å². The summed E-state index contributed by atoms with van der Waals surface area (Å²) < 4.78 is 5.01. The van der Waals surface area contributed by atoms with Crippen molar-refractivity contribution in [3.63, 3.8) is 0 Å². The summed E-state index contributed by atoms with van der Waals surface area (Å²) in [6.45, 7) is 3.25. The Hall–Kier alpha value is -1.59. The van der Waals surface area contributed by atoms with Crippen LogP contribution >= 0.6 is 0 Å². The molecule has 2 heterocycles. The minimum absolute atomic E-state index is 0.386. The molecule has 0 spiro atoms. The molecule has 0 bridgehead atoms. The van der Waals surface area contributed by atoms with E-state index in [1.165, 1.54) is 5.56 Å². The van der Waals surface area contributed by atoms with Gasteiger partial charge in [0, 0.05) is 25.7 Å². The summed E-state index contributed by atoms with van der Waals surface area (Å²) in [6, 6.07) is 6.50. The topological polar surface area (TPSA) is 61.3 Å².